The molecule has 0 bridgehead atoms. The second-order valence-electron chi connectivity index (χ2n) is 6.52. The summed E-state index contributed by atoms with van der Waals surface area (Å²) >= 11 is 0. The molecule has 0 amide bonds. The van der Waals surface area contributed by atoms with Gasteiger partial charge in [-0.25, -0.2) is 4.39 Å². The van der Waals surface area contributed by atoms with Crippen LogP contribution in [0.25, 0.3) is 0 Å². The molecule has 0 aromatic heterocycles. The number of nitrogens with one attached hydrogen (secondary N) is 1. The van der Waals surface area contributed by atoms with E-state index in [4.69, 9.17) is 4.74 Å². The van der Waals surface area contributed by atoms with Gasteiger partial charge < -0.3 is 10.1 Å². The molecule has 138 valence electrons. The van der Waals surface area contributed by atoms with Crippen molar-refractivity contribution in [3.05, 3.63) is 29.6 Å². The molecule has 1 aliphatic heterocycles. The van der Waals surface area contributed by atoms with E-state index in [2.05, 4.69) is 10.2 Å². The minimum absolute atomic E-state index is 0. The normalized spacial score (nSPS) is 20.6. The van der Waals surface area contributed by atoms with E-state index >= 15 is 0 Å². The van der Waals surface area contributed by atoms with E-state index in [1.807, 2.05) is 12.1 Å². The summed E-state index contributed by atoms with van der Waals surface area (Å²) in [7, 11) is 1.54. The van der Waals surface area contributed by atoms with Crippen LogP contribution in [0, 0.1) is 11.7 Å². The first-order valence-corrected chi connectivity index (χ1v) is 8.58. The van der Waals surface area contributed by atoms with E-state index in [1.165, 1.54) is 37.7 Å². The standard InChI is InChI=1S/C18H27FN2O.2ClH/c1-22-17-13-15(7-8-16(17)19)18(14-5-3-2-4-6-14)21-11-9-20-10-12-21;;/h7-8,13-14,18,20H,2-6,9-12H2,1H3;2*1H/t18-;;/m1../s1. The van der Waals surface area contributed by atoms with Gasteiger partial charge in [0, 0.05) is 32.2 Å². The SMILES string of the molecule is COc1cc([C@@H](C2CCCCC2)N2CCNCC2)ccc1F.Cl.Cl. The topological polar surface area (TPSA) is 24.5 Å². The number of ether oxygens (including phenoxy) is 1. The van der Waals surface area contributed by atoms with Crippen LogP contribution in [0.3, 0.4) is 0 Å². The summed E-state index contributed by atoms with van der Waals surface area (Å²) in [6, 6.07) is 5.83. The van der Waals surface area contributed by atoms with E-state index in [-0.39, 0.29) is 30.6 Å². The molecule has 1 saturated heterocycles. The molecule has 6 heteroatoms. The quantitative estimate of drug-likeness (QED) is 0.849. The molecule has 1 N–H and O–H groups in total. The van der Waals surface area contributed by atoms with E-state index in [0.29, 0.717) is 17.7 Å². The van der Waals surface area contributed by atoms with Crippen molar-refractivity contribution in [2.24, 2.45) is 5.92 Å². The molecule has 1 aromatic rings. The Morgan fingerprint density at radius 1 is 1.12 bits per heavy atom. The van der Waals surface area contributed by atoms with Gasteiger partial charge in [0.2, 0.25) is 0 Å². The van der Waals surface area contributed by atoms with Crippen LogP contribution >= 0.6 is 24.8 Å². The molecule has 2 aliphatic rings. The Kier molecular flexibility index (Phi) is 9.35. The minimum Gasteiger partial charge on any atom is -0.494 e. The van der Waals surface area contributed by atoms with Crippen LogP contribution in [-0.4, -0.2) is 38.2 Å². The average molecular weight is 379 g/mol. The van der Waals surface area contributed by atoms with Gasteiger partial charge in [-0.15, -0.1) is 24.8 Å². The van der Waals surface area contributed by atoms with Gasteiger partial charge in [0.25, 0.3) is 0 Å². The highest BCUT2D eigenvalue weighted by Gasteiger charge is 2.31. The zero-order chi connectivity index (χ0) is 15.4. The van der Waals surface area contributed by atoms with Crippen molar-refractivity contribution < 1.29 is 9.13 Å². The Balaban J connectivity index is 0.00000144. The molecule has 0 radical (unpaired) electrons. The summed E-state index contributed by atoms with van der Waals surface area (Å²) in [6.45, 7) is 4.23. The highest BCUT2D eigenvalue weighted by atomic mass is 35.5. The lowest BCUT2D eigenvalue weighted by atomic mass is 9.80. The number of benzene rings is 1. The van der Waals surface area contributed by atoms with Crippen molar-refractivity contribution in [2.45, 2.75) is 38.1 Å². The first kappa shape index (κ1) is 21.5. The van der Waals surface area contributed by atoms with Gasteiger partial charge in [0.1, 0.15) is 0 Å². The number of halogens is 3. The van der Waals surface area contributed by atoms with Crippen LogP contribution < -0.4 is 10.1 Å². The number of methoxy groups -OCH3 is 1. The molecule has 0 unspecified atom stereocenters. The lowest BCUT2D eigenvalue weighted by Crippen LogP contribution is -2.47. The van der Waals surface area contributed by atoms with Crippen molar-refractivity contribution in [3.8, 4) is 5.75 Å². The summed E-state index contributed by atoms with van der Waals surface area (Å²) in [4.78, 5) is 2.58. The van der Waals surface area contributed by atoms with E-state index in [9.17, 15) is 4.39 Å². The Morgan fingerprint density at radius 2 is 1.79 bits per heavy atom. The van der Waals surface area contributed by atoms with Crippen molar-refractivity contribution >= 4 is 24.8 Å². The first-order chi connectivity index (χ1) is 10.8. The highest BCUT2D eigenvalue weighted by Crippen LogP contribution is 2.39. The van der Waals surface area contributed by atoms with Gasteiger partial charge in [-0.05, 0) is 36.5 Å². The maximum Gasteiger partial charge on any atom is 0.165 e. The first-order valence-electron chi connectivity index (χ1n) is 8.58. The second-order valence-corrected chi connectivity index (χ2v) is 6.52. The Bertz CT molecular complexity index is 474. The number of nitrogens with zero attached hydrogens (tertiary/aromatic N) is 1. The van der Waals surface area contributed by atoms with Gasteiger partial charge >= 0.3 is 0 Å². The van der Waals surface area contributed by atoms with Crippen molar-refractivity contribution in [3.63, 3.8) is 0 Å². The zero-order valence-corrected chi connectivity index (χ0v) is 15.9. The van der Waals surface area contributed by atoms with Crippen LogP contribution in [0.2, 0.25) is 0 Å². The lowest BCUT2D eigenvalue weighted by molar-refractivity contribution is 0.103. The fourth-order valence-electron chi connectivity index (χ4n) is 4.05. The lowest BCUT2D eigenvalue weighted by Gasteiger charge is -2.41. The zero-order valence-electron chi connectivity index (χ0n) is 14.3. The molecule has 1 atom stereocenters. The predicted octanol–water partition coefficient (Wildman–Crippen LogP) is 4.20. The van der Waals surface area contributed by atoms with Crippen LogP contribution in [-0.2, 0) is 0 Å². The van der Waals surface area contributed by atoms with E-state index in [1.54, 1.807) is 13.2 Å². The molecule has 24 heavy (non-hydrogen) atoms. The Labute approximate surface area is 157 Å². The summed E-state index contributed by atoms with van der Waals surface area (Å²) < 4.78 is 19.0. The van der Waals surface area contributed by atoms with E-state index < -0.39 is 0 Å². The average Bonchev–Trinajstić information content (AvgIpc) is 2.58. The molecule has 1 aromatic carbocycles. The molecule has 1 saturated carbocycles. The molecule has 3 nitrogen and oxygen atoms in total. The maximum atomic E-state index is 13.8. The largest absolute Gasteiger partial charge is 0.494 e. The molecular formula is C18H29Cl2FN2O. The fourth-order valence-corrected chi connectivity index (χ4v) is 4.05. The Hall–Kier alpha value is -0.550. The van der Waals surface area contributed by atoms with Crippen LogP contribution in [0.1, 0.15) is 43.7 Å². The third-order valence-corrected chi connectivity index (χ3v) is 5.16. The molecule has 1 heterocycles. The second kappa shape index (κ2) is 10.4. The molecule has 1 aliphatic carbocycles. The summed E-state index contributed by atoms with van der Waals surface area (Å²) in [5, 5.41) is 3.43. The maximum absolute atomic E-state index is 13.8. The Morgan fingerprint density at radius 3 is 2.42 bits per heavy atom. The van der Waals surface area contributed by atoms with E-state index in [0.717, 1.165) is 26.2 Å². The van der Waals surface area contributed by atoms with Crippen LogP contribution in [0.4, 0.5) is 4.39 Å². The third kappa shape index (κ3) is 4.98. The van der Waals surface area contributed by atoms with Gasteiger partial charge in [-0.1, -0.05) is 25.3 Å². The van der Waals surface area contributed by atoms with Gasteiger partial charge in [0.05, 0.1) is 7.11 Å². The molecule has 0 spiro atoms. The number of hydrogen-bond acceptors (Lipinski definition) is 3. The summed E-state index contributed by atoms with van der Waals surface area (Å²) in [6.07, 6.45) is 6.58. The van der Waals surface area contributed by atoms with Gasteiger partial charge in [-0.2, -0.15) is 0 Å². The monoisotopic (exact) mass is 378 g/mol. The predicted molar refractivity (Wildman–Crippen MR) is 101 cm³/mol. The smallest absolute Gasteiger partial charge is 0.165 e. The van der Waals surface area contributed by atoms with Crippen LogP contribution in [0.5, 0.6) is 5.75 Å². The number of piperazine rings is 1. The van der Waals surface area contributed by atoms with Crippen LogP contribution in [0.15, 0.2) is 18.2 Å². The minimum atomic E-state index is -0.269. The number of rotatable bonds is 4. The third-order valence-electron chi connectivity index (χ3n) is 5.16. The van der Waals surface area contributed by atoms with Crippen molar-refractivity contribution in [1.82, 2.24) is 10.2 Å². The van der Waals surface area contributed by atoms with Gasteiger partial charge in [-0.3, -0.25) is 4.90 Å². The molecule has 2 fully saturated rings. The molecular weight excluding hydrogens is 350 g/mol. The highest BCUT2D eigenvalue weighted by molar-refractivity contribution is 5.85. The van der Waals surface area contributed by atoms with Gasteiger partial charge in [0.15, 0.2) is 11.6 Å². The van der Waals surface area contributed by atoms with Crippen molar-refractivity contribution in [2.75, 3.05) is 33.3 Å². The fraction of sp³-hybridized carbons (Fsp3) is 0.667. The summed E-state index contributed by atoms with van der Waals surface area (Å²) in [5.74, 6) is 0.782. The van der Waals surface area contributed by atoms with Crippen molar-refractivity contribution in [1.29, 1.82) is 0 Å². The summed E-state index contributed by atoms with van der Waals surface area (Å²) in [5.41, 5.74) is 1.21. The number of hydrogen-bond donors (Lipinski definition) is 1. The molecule has 3 rings (SSSR count).